The summed E-state index contributed by atoms with van der Waals surface area (Å²) in [5.74, 6) is -2.02. The maximum atomic E-state index is 12.6. The van der Waals surface area contributed by atoms with Crippen molar-refractivity contribution in [2.45, 2.75) is 4.90 Å². The molecule has 0 unspecified atom stereocenters. The van der Waals surface area contributed by atoms with Crippen molar-refractivity contribution in [1.29, 1.82) is 0 Å². The first kappa shape index (κ1) is 24.7. The molecule has 174 valence electrons. The van der Waals surface area contributed by atoms with E-state index in [9.17, 15) is 24.5 Å². The Hall–Kier alpha value is -3.89. The molecule has 0 fully saturated rings. The monoisotopic (exact) mass is 499 g/mol. The largest absolute Gasteiger partial charge is 0.452 e. The van der Waals surface area contributed by atoms with E-state index in [1.807, 2.05) is 18.4 Å². The van der Waals surface area contributed by atoms with Crippen LogP contribution in [-0.4, -0.2) is 35.6 Å². The number of amides is 2. The van der Waals surface area contributed by atoms with E-state index in [4.69, 9.17) is 16.3 Å². The lowest BCUT2D eigenvalue weighted by molar-refractivity contribution is -0.384. The fourth-order valence-corrected chi connectivity index (χ4v) is 3.51. The van der Waals surface area contributed by atoms with Crippen LogP contribution >= 0.6 is 23.4 Å². The van der Waals surface area contributed by atoms with Crippen molar-refractivity contribution in [1.82, 2.24) is 0 Å². The zero-order valence-electron chi connectivity index (χ0n) is 17.7. The second-order valence-electron chi connectivity index (χ2n) is 6.77. The van der Waals surface area contributed by atoms with Gasteiger partial charge in [0.05, 0.1) is 26.8 Å². The van der Waals surface area contributed by atoms with Gasteiger partial charge in [-0.2, -0.15) is 0 Å². The standard InChI is InChI=1S/C23H18ClN3O6S/c1-34-16-9-6-14(7-10-16)25-21(28)13-33-23(30)18-4-2-3-5-20(18)26-22(29)17-11-8-15(27(31)32)12-19(17)24/h2-12H,13H2,1H3,(H,25,28)(H,26,29). The number of para-hydroxylation sites is 1. The van der Waals surface area contributed by atoms with Crippen LogP contribution in [0.3, 0.4) is 0 Å². The van der Waals surface area contributed by atoms with Crippen LogP contribution in [-0.2, 0) is 9.53 Å². The number of benzene rings is 3. The van der Waals surface area contributed by atoms with Crippen LogP contribution < -0.4 is 10.6 Å². The number of hydrogen-bond donors (Lipinski definition) is 2. The number of nitrogens with zero attached hydrogens (tertiary/aromatic N) is 1. The molecule has 11 heteroatoms. The van der Waals surface area contributed by atoms with Crippen molar-refractivity contribution in [2.75, 3.05) is 23.5 Å². The van der Waals surface area contributed by atoms with Gasteiger partial charge >= 0.3 is 5.97 Å². The number of esters is 1. The molecular weight excluding hydrogens is 482 g/mol. The van der Waals surface area contributed by atoms with E-state index in [2.05, 4.69) is 10.6 Å². The van der Waals surface area contributed by atoms with Crippen molar-refractivity contribution in [3.8, 4) is 0 Å². The Kier molecular flexibility index (Phi) is 8.23. The van der Waals surface area contributed by atoms with E-state index in [1.165, 1.54) is 18.2 Å². The lowest BCUT2D eigenvalue weighted by atomic mass is 10.1. The molecule has 3 aromatic rings. The normalized spacial score (nSPS) is 10.3. The van der Waals surface area contributed by atoms with Crippen LogP contribution in [0.15, 0.2) is 71.6 Å². The third-order valence-corrected chi connectivity index (χ3v) is 5.57. The zero-order chi connectivity index (χ0) is 24.7. The average molecular weight is 500 g/mol. The molecule has 0 aliphatic carbocycles. The summed E-state index contributed by atoms with van der Waals surface area (Å²) in [6.07, 6.45) is 1.94. The molecule has 0 aromatic heterocycles. The Labute approximate surface area is 203 Å². The maximum Gasteiger partial charge on any atom is 0.340 e. The maximum absolute atomic E-state index is 12.6. The molecule has 0 radical (unpaired) electrons. The molecule has 0 saturated heterocycles. The number of nitro benzene ring substituents is 1. The predicted molar refractivity (Wildman–Crippen MR) is 130 cm³/mol. The minimum Gasteiger partial charge on any atom is -0.452 e. The lowest BCUT2D eigenvalue weighted by Gasteiger charge is -2.12. The van der Waals surface area contributed by atoms with Crippen LogP contribution in [0.2, 0.25) is 5.02 Å². The van der Waals surface area contributed by atoms with Gasteiger partial charge in [0, 0.05) is 22.7 Å². The number of halogens is 1. The van der Waals surface area contributed by atoms with Crippen molar-refractivity contribution < 1.29 is 24.0 Å². The number of nitrogens with one attached hydrogen (secondary N) is 2. The van der Waals surface area contributed by atoms with Gasteiger partial charge in [0.15, 0.2) is 6.61 Å². The second kappa shape index (κ2) is 11.3. The van der Waals surface area contributed by atoms with Crippen LogP contribution in [0.25, 0.3) is 0 Å². The van der Waals surface area contributed by atoms with Gasteiger partial charge in [0.25, 0.3) is 17.5 Å². The number of hydrogen-bond acceptors (Lipinski definition) is 7. The van der Waals surface area contributed by atoms with Gasteiger partial charge < -0.3 is 15.4 Å². The first-order valence-electron chi connectivity index (χ1n) is 9.74. The summed E-state index contributed by atoms with van der Waals surface area (Å²) < 4.78 is 5.09. The summed E-state index contributed by atoms with van der Waals surface area (Å²) in [6.45, 7) is -0.528. The number of rotatable bonds is 8. The zero-order valence-corrected chi connectivity index (χ0v) is 19.3. The molecule has 0 spiro atoms. The SMILES string of the molecule is CSc1ccc(NC(=O)COC(=O)c2ccccc2NC(=O)c2ccc([N+](=O)[O-])cc2Cl)cc1. The number of anilines is 2. The number of ether oxygens (including phenoxy) is 1. The molecule has 9 nitrogen and oxygen atoms in total. The van der Waals surface area contributed by atoms with Gasteiger partial charge in [-0.05, 0) is 48.7 Å². The summed E-state index contributed by atoms with van der Waals surface area (Å²) in [5.41, 5.74) is 0.434. The molecule has 0 aliphatic rings. The molecular formula is C23H18ClN3O6S. The van der Waals surface area contributed by atoms with Gasteiger partial charge in [-0.15, -0.1) is 11.8 Å². The van der Waals surface area contributed by atoms with Crippen molar-refractivity contribution in [2.24, 2.45) is 0 Å². The number of non-ortho nitro benzene ring substituents is 1. The summed E-state index contributed by atoms with van der Waals surface area (Å²) in [4.78, 5) is 48.6. The Morgan fingerprint density at radius 1 is 1.00 bits per heavy atom. The Bertz CT molecular complexity index is 1250. The van der Waals surface area contributed by atoms with Crippen LogP contribution in [0.4, 0.5) is 17.1 Å². The van der Waals surface area contributed by atoms with Gasteiger partial charge in [-0.1, -0.05) is 23.7 Å². The highest BCUT2D eigenvalue weighted by Gasteiger charge is 2.19. The molecule has 3 rings (SSSR count). The predicted octanol–water partition coefficient (Wildman–Crippen LogP) is 5.02. The molecule has 2 amide bonds. The minimum atomic E-state index is -0.821. The molecule has 34 heavy (non-hydrogen) atoms. The van der Waals surface area contributed by atoms with E-state index < -0.39 is 29.3 Å². The van der Waals surface area contributed by atoms with Crippen LogP contribution in [0, 0.1) is 10.1 Å². The number of carbonyl (C=O) groups is 3. The topological polar surface area (TPSA) is 128 Å². The first-order chi connectivity index (χ1) is 16.3. The summed E-state index contributed by atoms with van der Waals surface area (Å²) in [7, 11) is 0. The molecule has 2 N–H and O–H groups in total. The summed E-state index contributed by atoms with van der Waals surface area (Å²) >= 11 is 7.57. The van der Waals surface area contributed by atoms with Crippen LogP contribution in [0.1, 0.15) is 20.7 Å². The summed E-state index contributed by atoms with van der Waals surface area (Å²) in [6, 6.07) is 16.7. The number of thioether (sulfide) groups is 1. The molecule has 0 heterocycles. The van der Waals surface area contributed by atoms with Crippen molar-refractivity contribution in [3.05, 3.63) is 93.0 Å². The average Bonchev–Trinajstić information content (AvgIpc) is 2.83. The molecule has 0 aliphatic heterocycles. The molecule has 3 aromatic carbocycles. The third kappa shape index (κ3) is 6.33. The third-order valence-electron chi connectivity index (χ3n) is 4.51. The smallest absolute Gasteiger partial charge is 0.340 e. The van der Waals surface area contributed by atoms with E-state index in [0.29, 0.717) is 5.69 Å². The minimum absolute atomic E-state index is 0.0118. The van der Waals surface area contributed by atoms with Gasteiger partial charge in [-0.3, -0.25) is 19.7 Å². The molecule has 0 atom stereocenters. The highest BCUT2D eigenvalue weighted by Crippen LogP contribution is 2.24. The molecule has 0 bridgehead atoms. The van der Waals surface area contributed by atoms with Crippen LogP contribution in [0.5, 0.6) is 0 Å². The van der Waals surface area contributed by atoms with Crippen molar-refractivity contribution >= 4 is 58.2 Å². The highest BCUT2D eigenvalue weighted by atomic mass is 35.5. The lowest BCUT2D eigenvalue weighted by Crippen LogP contribution is -2.22. The van der Waals surface area contributed by atoms with Gasteiger partial charge in [0.1, 0.15) is 0 Å². The number of carbonyl (C=O) groups excluding carboxylic acids is 3. The van der Waals surface area contributed by atoms with Gasteiger partial charge in [-0.25, -0.2) is 4.79 Å². The Morgan fingerprint density at radius 2 is 1.71 bits per heavy atom. The van der Waals surface area contributed by atoms with E-state index >= 15 is 0 Å². The second-order valence-corrected chi connectivity index (χ2v) is 8.06. The van der Waals surface area contributed by atoms with E-state index in [1.54, 1.807) is 36.0 Å². The number of nitro groups is 1. The van der Waals surface area contributed by atoms with Gasteiger partial charge in [0.2, 0.25) is 0 Å². The Morgan fingerprint density at radius 3 is 2.35 bits per heavy atom. The fraction of sp³-hybridized carbons (Fsp3) is 0.0870. The van der Waals surface area contributed by atoms with Crippen molar-refractivity contribution in [3.63, 3.8) is 0 Å². The highest BCUT2D eigenvalue weighted by molar-refractivity contribution is 7.98. The Balaban J connectivity index is 1.64. The first-order valence-corrected chi connectivity index (χ1v) is 11.3. The van der Waals surface area contributed by atoms with E-state index in [-0.39, 0.29) is 27.5 Å². The quantitative estimate of drug-likeness (QED) is 0.193. The summed E-state index contributed by atoms with van der Waals surface area (Å²) in [5, 5.41) is 15.9. The fourth-order valence-electron chi connectivity index (χ4n) is 2.84. The van der Waals surface area contributed by atoms with E-state index in [0.717, 1.165) is 17.0 Å². The molecule has 0 saturated carbocycles.